The molecular weight excluding hydrogens is 432 g/mol. The molecule has 4 rings (SSSR count). The molecule has 0 bridgehead atoms. The van der Waals surface area contributed by atoms with Crippen molar-refractivity contribution < 1.29 is 22.4 Å². The maximum absolute atomic E-state index is 13.6. The number of furan rings is 1. The van der Waals surface area contributed by atoms with E-state index in [1.165, 1.54) is 24.5 Å². The molecule has 0 saturated heterocycles. The van der Waals surface area contributed by atoms with Crippen LogP contribution >= 0.6 is 23.2 Å². The average Bonchev–Trinajstić information content (AvgIpc) is 3.32. The topological polar surface area (TPSA) is 72.1 Å². The van der Waals surface area contributed by atoms with Gasteiger partial charge in [0, 0.05) is 12.1 Å². The maximum atomic E-state index is 13.6. The summed E-state index contributed by atoms with van der Waals surface area (Å²) in [4.78, 5) is 12.7. The molecule has 1 aliphatic heterocycles. The minimum absolute atomic E-state index is 0.0402. The molecule has 0 fully saturated rings. The van der Waals surface area contributed by atoms with Crippen LogP contribution in [0.15, 0.2) is 47.2 Å². The molecule has 152 valence electrons. The van der Waals surface area contributed by atoms with Crippen LogP contribution in [0.25, 0.3) is 0 Å². The number of hydrogen-bond acceptors (Lipinski definition) is 4. The van der Waals surface area contributed by atoms with Gasteiger partial charge in [-0.05, 0) is 30.3 Å². The number of nitrogens with one attached hydrogen (secondary N) is 2. The Morgan fingerprint density at radius 1 is 1.28 bits per heavy atom. The molecule has 0 saturated carbocycles. The Labute approximate surface area is 172 Å². The number of rotatable bonds is 3. The molecule has 1 amide bonds. The summed E-state index contributed by atoms with van der Waals surface area (Å²) in [5, 5.41) is 9.87. The summed E-state index contributed by atoms with van der Waals surface area (Å²) < 4.78 is 46.9. The standard InChI is InChI=1S/C18H13Cl2F3N4O2/c19-11-4-3-9(6-12(11)20)25-17(28)10-8-24-27-15(18(21,22)23)7-13(26-16(10)27)14-2-1-5-29-14/h1-6,8,13,15,26H,7H2,(H,25,28)/t13-,15-/m1/s1. The van der Waals surface area contributed by atoms with Crippen molar-refractivity contribution in [3.05, 3.63) is 64.2 Å². The van der Waals surface area contributed by atoms with E-state index in [0.717, 1.165) is 10.9 Å². The second-order valence-electron chi connectivity index (χ2n) is 6.44. The molecule has 0 aliphatic carbocycles. The fraction of sp³-hybridized carbons (Fsp3) is 0.222. The first-order chi connectivity index (χ1) is 13.7. The summed E-state index contributed by atoms with van der Waals surface area (Å²) in [6.45, 7) is 0. The lowest BCUT2D eigenvalue weighted by atomic mass is 10.0. The molecule has 29 heavy (non-hydrogen) atoms. The molecule has 2 aromatic heterocycles. The minimum atomic E-state index is -4.55. The van der Waals surface area contributed by atoms with Gasteiger partial charge >= 0.3 is 6.18 Å². The van der Waals surface area contributed by atoms with Gasteiger partial charge in [0.15, 0.2) is 6.04 Å². The third-order valence-corrected chi connectivity index (χ3v) is 5.29. The van der Waals surface area contributed by atoms with E-state index in [4.69, 9.17) is 27.6 Å². The van der Waals surface area contributed by atoms with E-state index >= 15 is 0 Å². The van der Waals surface area contributed by atoms with Crippen LogP contribution in [-0.4, -0.2) is 21.9 Å². The molecule has 3 heterocycles. The largest absolute Gasteiger partial charge is 0.467 e. The zero-order valence-corrected chi connectivity index (χ0v) is 16.0. The Kier molecular flexibility index (Phi) is 4.95. The molecule has 3 aromatic rings. The lowest BCUT2D eigenvalue weighted by Crippen LogP contribution is -2.36. The van der Waals surface area contributed by atoms with E-state index < -0.39 is 24.2 Å². The molecule has 0 unspecified atom stereocenters. The normalized spacial score (nSPS) is 18.8. The summed E-state index contributed by atoms with van der Waals surface area (Å²) >= 11 is 11.8. The van der Waals surface area contributed by atoms with E-state index in [0.29, 0.717) is 16.5 Å². The van der Waals surface area contributed by atoms with Crippen LogP contribution in [0.3, 0.4) is 0 Å². The number of carbonyl (C=O) groups excluding carboxylic acids is 1. The second kappa shape index (κ2) is 7.31. The van der Waals surface area contributed by atoms with Gasteiger partial charge in [-0.1, -0.05) is 23.2 Å². The van der Waals surface area contributed by atoms with Crippen molar-refractivity contribution in [2.45, 2.75) is 24.7 Å². The van der Waals surface area contributed by atoms with Crippen LogP contribution in [0.4, 0.5) is 24.7 Å². The van der Waals surface area contributed by atoms with Crippen LogP contribution in [0.5, 0.6) is 0 Å². The first-order valence-electron chi connectivity index (χ1n) is 8.44. The number of anilines is 2. The maximum Gasteiger partial charge on any atom is 0.410 e. The quantitative estimate of drug-likeness (QED) is 0.543. The third-order valence-electron chi connectivity index (χ3n) is 4.55. The van der Waals surface area contributed by atoms with Gasteiger partial charge in [-0.2, -0.15) is 18.3 Å². The van der Waals surface area contributed by atoms with Crippen molar-refractivity contribution in [1.82, 2.24) is 9.78 Å². The summed E-state index contributed by atoms with van der Waals surface area (Å²) in [5.41, 5.74) is 0.302. The van der Waals surface area contributed by atoms with E-state index in [9.17, 15) is 18.0 Å². The molecule has 6 nitrogen and oxygen atoms in total. The Hall–Kier alpha value is -2.65. The highest BCUT2D eigenvalue weighted by atomic mass is 35.5. The average molecular weight is 445 g/mol. The Bertz CT molecular complexity index is 1050. The zero-order chi connectivity index (χ0) is 20.8. The number of hydrogen-bond donors (Lipinski definition) is 2. The van der Waals surface area contributed by atoms with Crippen LogP contribution in [-0.2, 0) is 0 Å². The fourth-order valence-corrected chi connectivity index (χ4v) is 3.48. The number of aromatic nitrogens is 2. The van der Waals surface area contributed by atoms with Crippen molar-refractivity contribution in [2.75, 3.05) is 10.6 Å². The third kappa shape index (κ3) is 3.79. The molecule has 2 atom stereocenters. The van der Waals surface area contributed by atoms with E-state index in [-0.39, 0.29) is 22.8 Å². The molecule has 0 radical (unpaired) electrons. The van der Waals surface area contributed by atoms with Gasteiger partial charge in [-0.3, -0.25) is 4.79 Å². The predicted octanol–water partition coefficient (Wildman–Crippen LogP) is 5.70. The van der Waals surface area contributed by atoms with Gasteiger partial charge in [0.1, 0.15) is 17.1 Å². The summed E-state index contributed by atoms with van der Waals surface area (Å²) in [6.07, 6.45) is -2.40. The van der Waals surface area contributed by atoms with Crippen molar-refractivity contribution in [2.24, 2.45) is 0 Å². The molecule has 1 aromatic carbocycles. The number of carbonyl (C=O) groups is 1. The van der Waals surface area contributed by atoms with Crippen molar-refractivity contribution in [1.29, 1.82) is 0 Å². The highest BCUT2D eigenvalue weighted by molar-refractivity contribution is 6.42. The number of benzene rings is 1. The number of nitrogens with zero attached hydrogens (tertiary/aromatic N) is 2. The van der Waals surface area contributed by atoms with Gasteiger partial charge in [0.2, 0.25) is 0 Å². The number of halogens is 5. The summed E-state index contributed by atoms with van der Waals surface area (Å²) in [6, 6.07) is 4.96. The van der Waals surface area contributed by atoms with Crippen LogP contribution < -0.4 is 10.6 Å². The second-order valence-corrected chi connectivity index (χ2v) is 7.25. The highest BCUT2D eigenvalue weighted by Crippen LogP contribution is 2.44. The summed E-state index contributed by atoms with van der Waals surface area (Å²) in [7, 11) is 0. The first-order valence-corrected chi connectivity index (χ1v) is 9.20. The SMILES string of the molecule is O=C(Nc1ccc(Cl)c(Cl)c1)c1cnn2c1N[C@@H](c1ccco1)C[C@@H]2C(F)(F)F. The monoisotopic (exact) mass is 444 g/mol. The van der Waals surface area contributed by atoms with Crippen LogP contribution in [0.1, 0.15) is 34.6 Å². The van der Waals surface area contributed by atoms with Crippen molar-refractivity contribution in [3.63, 3.8) is 0 Å². The number of amides is 1. The first kappa shape index (κ1) is 19.7. The lowest BCUT2D eigenvalue weighted by Gasteiger charge is -2.32. The van der Waals surface area contributed by atoms with E-state index in [1.54, 1.807) is 12.1 Å². The lowest BCUT2D eigenvalue weighted by molar-refractivity contribution is -0.174. The molecule has 11 heteroatoms. The van der Waals surface area contributed by atoms with Crippen molar-refractivity contribution >= 4 is 40.6 Å². The van der Waals surface area contributed by atoms with E-state index in [2.05, 4.69) is 15.7 Å². The molecule has 2 N–H and O–H groups in total. The van der Waals surface area contributed by atoms with Crippen molar-refractivity contribution in [3.8, 4) is 0 Å². The van der Waals surface area contributed by atoms with Gasteiger partial charge < -0.3 is 15.1 Å². The smallest absolute Gasteiger partial charge is 0.410 e. The minimum Gasteiger partial charge on any atom is -0.467 e. The highest BCUT2D eigenvalue weighted by Gasteiger charge is 2.47. The molecule has 0 spiro atoms. The zero-order valence-electron chi connectivity index (χ0n) is 14.5. The summed E-state index contributed by atoms with van der Waals surface area (Å²) in [5.74, 6) is -0.349. The predicted molar refractivity (Wildman–Crippen MR) is 101 cm³/mol. The molecular formula is C18H13Cl2F3N4O2. The van der Waals surface area contributed by atoms with Crippen LogP contribution in [0, 0.1) is 0 Å². The Balaban J connectivity index is 1.67. The van der Waals surface area contributed by atoms with E-state index in [1.807, 2.05) is 0 Å². The number of alkyl halides is 3. The van der Waals surface area contributed by atoms with Gasteiger partial charge in [0.25, 0.3) is 5.91 Å². The fourth-order valence-electron chi connectivity index (χ4n) is 3.18. The number of fused-ring (bicyclic) bond motifs is 1. The van der Waals surface area contributed by atoms with Gasteiger partial charge in [0.05, 0.1) is 28.5 Å². The Morgan fingerprint density at radius 2 is 2.07 bits per heavy atom. The van der Waals surface area contributed by atoms with Gasteiger partial charge in [-0.15, -0.1) is 0 Å². The molecule has 1 aliphatic rings. The Morgan fingerprint density at radius 3 is 2.72 bits per heavy atom. The van der Waals surface area contributed by atoms with Crippen LogP contribution in [0.2, 0.25) is 10.0 Å². The van der Waals surface area contributed by atoms with Gasteiger partial charge in [-0.25, -0.2) is 4.68 Å².